The molecule has 2 N–H and O–H groups in total. The SMILES string of the molecule is CCC[C@@]1(O)CC[C@H]2[C@H](CC[C@@H]3[C@@H]2CC[C@@]2(C)[C@H]3CC[C@]2(O)[C@H](C)Cn2cc(C#N)cn2)C1. The van der Waals surface area contributed by atoms with E-state index in [0.29, 0.717) is 23.9 Å². The van der Waals surface area contributed by atoms with Crippen LogP contribution in [0.4, 0.5) is 0 Å². The molecule has 0 unspecified atom stereocenters. The molecule has 4 aliphatic carbocycles. The summed E-state index contributed by atoms with van der Waals surface area (Å²) < 4.78 is 1.84. The number of hydrogen-bond acceptors (Lipinski definition) is 4. The lowest BCUT2D eigenvalue weighted by molar-refractivity contribution is -0.162. The van der Waals surface area contributed by atoms with E-state index in [1.165, 1.54) is 25.7 Å². The van der Waals surface area contributed by atoms with Crippen molar-refractivity contribution in [1.29, 1.82) is 5.26 Å². The fourth-order valence-corrected chi connectivity index (χ4v) is 9.47. The van der Waals surface area contributed by atoms with Gasteiger partial charge in [0, 0.05) is 18.7 Å². The molecular formula is C28H43N3O2. The minimum absolute atomic E-state index is 0.0384. The Hall–Kier alpha value is -1.38. The van der Waals surface area contributed by atoms with Crippen LogP contribution in [0.15, 0.2) is 12.4 Å². The molecule has 5 heteroatoms. The van der Waals surface area contributed by atoms with Gasteiger partial charge in [-0.05, 0) is 99.2 Å². The van der Waals surface area contributed by atoms with Crippen LogP contribution in [0.5, 0.6) is 0 Å². The van der Waals surface area contributed by atoms with Crippen LogP contribution < -0.4 is 0 Å². The van der Waals surface area contributed by atoms with Gasteiger partial charge in [0.25, 0.3) is 0 Å². The Morgan fingerprint density at radius 3 is 2.64 bits per heavy atom. The van der Waals surface area contributed by atoms with Crippen molar-refractivity contribution in [1.82, 2.24) is 9.78 Å². The van der Waals surface area contributed by atoms with Crippen molar-refractivity contribution in [3.63, 3.8) is 0 Å². The number of fused-ring (bicyclic) bond motifs is 5. The van der Waals surface area contributed by atoms with Gasteiger partial charge in [0.15, 0.2) is 0 Å². The smallest absolute Gasteiger partial charge is 0.102 e. The van der Waals surface area contributed by atoms with Gasteiger partial charge in [0.05, 0.1) is 23.0 Å². The Labute approximate surface area is 199 Å². The summed E-state index contributed by atoms with van der Waals surface area (Å²) in [6.07, 6.45) is 15.6. The summed E-state index contributed by atoms with van der Waals surface area (Å²) in [6.45, 7) is 7.42. The van der Waals surface area contributed by atoms with Gasteiger partial charge < -0.3 is 10.2 Å². The minimum atomic E-state index is -0.674. The van der Waals surface area contributed by atoms with Crippen LogP contribution in [0.25, 0.3) is 0 Å². The van der Waals surface area contributed by atoms with Gasteiger partial charge in [-0.25, -0.2) is 0 Å². The van der Waals surface area contributed by atoms with E-state index >= 15 is 0 Å². The molecule has 4 fully saturated rings. The van der Waals surface area contributed by atoms with Gasteiger partial charge in [-0.15, -0.1) is 0 Å². The van der Waals surface area contributed by atoms with E-state index in [4.69, 9.17) is 5.26 Å². The molecule has 9 atom stereocenters. The Balaban J connectivity index is 1.31. The second kappa shape index (κ2) is 8.38. The van der Waals surface area contributed by atoms with Crippen LogP contribution >= 0.6 is 0 Å². The maximum atomic E-state index is 12.2. The van der Waals surface area contributed by atoms with Crippen LogP contribution in [-0.2, 0) is 6.54 Å². The fourth-order valence-electron chi connectivity index (χ4n) is 9.47. The molecule has 33 heavy (non-hydrogen) atoms. The topological polar surface area (TPSA) is 82.1 Å². The third kappa shape index (κ3) is 3.67. The maximum Gasteiger partial charge on any atom is 0.102 e. The predicted octanol–water partition coefficient (Wildman–Crippen LogP) is 5.31. The highest BCUT2D eigenvalue weighted by molar-refractivity contribution is 5.22. The summed E-state index contributed by atoms with van der Waals surface area (Å²) in [6, 6.07) is 2.16. The van der Waals surface area contributed by atoms with E-state index in [1.807, 2.05) is 4.68 Å². The molecule has 0 radical (unpaired) electrons. The van der Waals surface area contributed by atoms with Crippen LogP contribution in [-0.4, -0.2) is 31.2 Å². The molecule has 0 bridgehead atoms. The van der Waals surface area contributed by atoms with Crippen LogP contribution in [0.1, 0.15) is 97.0 Å². The van der Waals surface area contributed by atoms with Gasteiger partial charge in [0.2, 0.25) is 0 Å². The third-order valence-electron chi connectivity index (χ3n) is 11.1. The van der Waals surface area contributed by atoms with E-state index in [0.717, 1.165) is 62.7 Å². The normalized spacial score (nSPS) is 45.5. The molecule has 0 saturated heterocycles. The summed E-state index contributed by atoms with van der Waals surface area (Å²) in [7, 11) is 0. The second-order valence-electron chi connectivity index (χ2n) is 12.5. The van der Waals surface area contributed by atoms with Gasteiger partial charge >= 0.3 is 0 Å². The molecule has 5 rings (SSSR count). The Kier molecular flexibility index (Phi) is 5.93. The first-order chi connectivity index (χ1) is 15.7. The molecule has 1 aromatic rings. The van der Waals surface area contributed by atoms with Gasteiger partial charge in [0.1, 0.15) is 6.07 Å². The first kappa shape index (κ1) is 23.4. The molecule has 182 valence electrons. The fraction of sp³-hybridized carbons (Fsp3) is 0.857. The van der Waals surface area contributed by atoms with Crippen molar-refractivity contribution in [2.75, 3.05) is 0 Å². The van der Waals surface area contributed by atoms with E-state index in [-0.39, 0.29) is 11.3 Å². The van der Waals surface area contributed by atoms with Gasteiger partial charge in [-0.3, -0.25) is 4.68 Å². The van der Waals surface area contributed by atoms with Crippen LogP contribution in [0, 0.1) is 52.3 Å². The van der Waals surface area contributed by atoms with Crippen molar-refractivity contribution in [2.24, 2.45) is 40.9 Å². The number of hydrogen-bond donors (Lipinski definition) is 2. The molecule has 0 spiro atoms. The largest absolute Gasteiger partial charge is 0.390 e. The van der Waals surface area contributed by atoms with Gasteiger partial charge in [-0.1, -0.05) is 27.2 Å². The molecule has 0 aliphatic heterocycles. The number of aliphatic hydroxyl groups is 2. The third-order valence-corrected chi connectivity index (χ3v) is 11.1. The molecule has 1 heterocycles. The number of aromatic nitrogens is 2. The van der Waals surface area contributed by atoms with Crippen molar-refractivity contribution in [3.8, 4) is 6.07 Å². The van der Waals surface area contributed by atoms with E-state index in [9.17, 15) is 10.2 Å². The lowest BCUT2D eigenvalue weighted by atomic mass is 9.47. The number of nitriles is 1. The summed E-state index contributed by atoms with van der Waals surface area (Å²) in [5.74, 6) is 3.71. The van der Waals surface area contributed by atoms with Gasteiger partial charge in [-0.2, -0.15) is 10.4 Å². The maximum absolute atomic E-state index is 12.2. The predicted molar refractivity (Wildman–Crippen MR) is 128 cm³/mol. The highest BCUT2D eigenvalue weighted by Crippen LogP contribution is 2.67. The number of nitrogens with zero attached hydrogens (tertiary/aromatic N) is 3. The molecule has 5 nitrogen and oxygen atoms in total. The zero-order valence-electron chi connectivity index (χ0n) is 20.8. The average molecular weight is 454 g/mol. The molecule has 4 saturated carbocycles. The lowest BCUT2D eigenvalue weighted by Crippen LogP contribution is -2.57. The minimum Gasteiger partial charge on any atom is -0.390 e. The van der Waals surface area contributed by atoms with Crippen LogP contribution in [0.3, 0.4) is 0 Å². The second-order valence-corrected chi connectivity index (χ2v) is 12.5. The summed E-state index contributed by atoms with van der Waals surface area (Å²) in [5.41, 5.74) is -0.539. The summed E-state index contributed by atoms with van der Waals surface area (Å²) in [5, 5.41) is 36.7. The van der Waals surface area contributed by atoms with Crippen molar-refractivity contribution in [2.45, 2.75) is 109 Å². The summed E-state index contributed by atoms with van der Waals surface area (Å²) in [4.78, 5) is 0. The molecular weight excluding hydrogens is 410 g/mol. The number of rotatable bonds is 5. The Morgan fingerprint density at radius 2 is 1.91 bits per heavy atom. The zero-order valence-corrected chi connectivity index (χ0v) is 20.8. The first-order valence-corrected chi connectivity index (χ1v) is 13.6. The quantitative estimate of drug-likeness (QED) is 0.633. The average Bonchev–Trinajstić information content (AvgIpc) is 3.35. The Morgan fingerprint density at radius 1 is 1.12 bits per heavy atom. The van der Waals surface area contributed by atoms with E-state index < -0.39 is 11.2 Å². The Bertz CT molecular complexity index is 907. The standard InChI is InChI=1S/C28H43N3O2/c1-4-10-27(32)12-8-22-21(14-27)5-6-24-23(22)7-11-26(3)25(24)9-13-28(26,33)19(2)17-31-18-20(15-29)16-30-31/h16,18-19,21-25,32-33H,4-14,17H2,1-3H3/t19-,21-,22+,23-,24-,25+,26+,27-,28+/m1/s1. The molecule has 1 aromatic heterocycles. The van der Waals surface area contributed by atoms with Crippen LogP contribution in [0.2, 0.25) is 0 Å². The van der Waals surface area contributed by atoms with Crippen molar-refractivity contribution >= 4 is 0 Å². The highest BCUT2D eigenvalue weighted by atomic mass is 16.3. The molecule has 0 amide bonds. The monoisotopic (exact) mass is 453 g/mol. The zero-order chi connectivity index (χ0) is 23.4. The highest BCUT2D eigenvalue weighted by Gasteiger charge is 2.64. The van der Waals surface area contributed by atoms with Crippen molar-refractivity contribution < 1.29 is 10.2 Å². The summed E-state index contributed by atoms with van der Waals surface area (Å²) >= 11 is 0. The van der Waals surface area contributed by atoms with Crippen molar-refractivity contribution in [3.05, 3.63) is 18.0 Å². The lowest BCUT2D eigenvalue weighted by Gasteiger charge is -2.59. The van der Waals surface area contributed by atoms with E-state index in [2.05, 4.69) is 31.9 Å². The van der Waals surface area contributed by atoms with E-state index in [1.54, 1.807) is 12.4 Å². The molecule has 0 aromatic carbocycles. The first-order valence-electron chi connectivity index (χ1n) is 13.6. The molecule has 4 aliphatic rings.